The second-order valence-corrected chi connectivity index (χ2v) is 3.41. The lowest BCUT2D eigenvalue weighted by Crippen LogP contribution is -2.04. The first-order valence-corrected chi connectivity index (χ1v) is 4.14. The van der Waals surface area contributed by atoms with Crippen LogP contribution in [0.3, 0.4) is 0 Å². The molecule has 0 fully saturated rings. The van der Waals surface area contributed by atoms with Crippen molar-refractivity contribution in [3.8, 4) is 5.75 Å². The van der Waals surface area contributed by atoms with Crippen LogP contribution in [0, 0.1) is 0 Å². The molecule has 0 bridgehead atoms. The van der Waals surface area contributed by atoms with E-state index in [1.54, 1.807) is 12.1 Å². The summed E-state index contributed by atoms with van der Waals surface area (Å²) in [5, 5.41) is 9.30. The van der Waals surface area contributed by atoms with Crippen molar-refractivity contribution < 1.29 is 5.11 Å². The molecule has 0 aromatic heterocycles. The standard InChI is InChI=1S/C8H10BrNO/c1-5(10)7-4-6(9)2-3-8(7)11/h2-5,11H,10H2,1H3. The minimum Gasteiger partial charge on any atom is -0.508 e. The van der Waals surface area contributed by atoms with Gasteiger partial charge in [-0.15, -0.1) is 0 Å². The summed E-state index contributed by atoms with van der Waals surface area (Å²) in [6.45, 7) is 1.83. The lowest BCUT2D eigenvalue weighted by atomic mass is 10.1. The number of hydrogen-bond acceptors (Lipinski definition) is 2. The Kier molecular flexibility index (Phi) is 2.52. The highest BCUT2D eigenvalue weighted by atomic mass is 79.9. The molecule has 60 valence electrons. The van der Waals surface area contributed by atoms with Gasteiger partial charge in [-0.1, -0.05) is 15.9 Å². The van der Waals surface area contributed by atoms with Crippen LogP contribution in [0.25, 0.3) is 0 Å². The number of nitrogens with two attached hydrogens (primary N) is 1. The zero-order valence-electron chi connectivity index (χ0n) is 6.21. The molecule has 1 rings (SSSR count). The molecule has 0 amide bonds. The maximum atomic E-state index is 9.30. The van der Waals surface area contributed by atoms with Crippen LogP contribution in [-0.2, 0) is 0 Å². The van der Waals surface area contributed by atoms with Gasteiger partial charge in [0.2, 0.25) is 0 Å². The van der Waals surface area contributed by atoms with Gasteiger partial charge in [0, 0.05) is 16.1 Å². The van der Waals surface area contributed by atoms with Gasteiger partial charge in [0.05, 0.1) is 0 Å². The third-order valence-corrected chi connectivity index (χ3v) is 1.97. The van der Waals surface area contributed by atoms with Crippen LogP contribution in [0.4, 0.5) is 0 Å². The highest BCUT2D eigenvalue weighted by molar-refractivity contribution is 9.10. The predicted molar refractivity (Wildman–Crippen MR) is 48.4 cm³/mol. The third kappa shape index (κ3) is 1.94. The Balaban J connectivity index is 3.13. The highest BCUT2D eigenvalue weighted by Gasteiger charge is 2.05. The zero-order chi connectivity index (χ0) is 8.43. The summed E-state index contributed by atoms with van der Waals surface area (Å²) in [5.74, 6) is 0.253. The summed E-state index contributed by atoms with van der Waals surface area (Å²) < 4.78 is 0.933. The minimum absolute atomic E-state index is 0.132. The minimum atomic E-state index is -0.132. The molecular formula is C8H10BrNO. The smallest absolute Gasteiger partial charge is 0.120 e. The van der Waals surface area contributed by atoms with Crippen LogP contribution in [0.2, 0.25) is 0 Å². The second kappa shape index (κ2) is 3.24. The highest BCUT2D eigenvalue weighted by Crippen LogP contribution is 2.25. The molecule has 0 spiro atoms. The quantitative estimate of drug-likeness (QED) is 0.755. The summed E-state index contributed by atoms with van der Waals surface area (Å²) >= 11 is 3.30. The Morgan fingerprint density at radius 1 is 1.55 bits per heavy atom. The number of phenolic OH excluding ortho intramolecular Hbond substituents is 1. The number of rotatable bonds is 1. The first-order chi connectivity index (χ1) is 5.11. The first-order valence-electron chi connectivity index (χ1n) is 3.35. The van der Waals surface area contributed by atoms with Gasteiger partial charge in [-0.2, -0.15) is 0 Å². The van der Waals surface area contributed by atoms with E-state index in [2.05, 4.69) is 15.9 Å². The van der Waals surface area contributed by atoms with Crippen LogP contribution in [-0.4, -0.2) is 5.11 Å². The summed E-state index contributed by atoms with van der Waals surface area (Å²) in [6.07, 6.45) is 0. The molecule has 0 aliphatic rings. The normalized spacial score (nSPS) is 13.0. The predicted octanol–water partition coefficient (Wildman–Crippen LogP) is 2.17. The van der Waals surface area contributed by atoms with E-state index < -0.39 is 0 Å². The summed E-state index contributed by atoms with van der Waals surface area (Å²) in [5.41, 5.74) is 6.37. The average molecular weight is 216 g/mol. The molecule has 0 aliphatic heterocycles. The van der Waals surface area contributed by atoms with Crippen molar-refractivity contribution in [3.05, 3.63) is 28.2 Å². The lowest BCUT2D eigenvalue weighted by Gasteiger charge is -2.07. The molecule has 1 unspecified atom stereocenters. The van der Waals surface area contributed by atoms with E-state index in [1.165, 1.54) is 0 Å². The SMILES string of the molecule is CC(N)c1cc(Br)ccc1O. The van der Waals surface area contributed by atoms with Crippen molar-refractivity contribution in [2.45, 2.75) is 13.0 Å². The van der Waals surface area contributed by atoms with Crippen molar-refractivity contribution in [2.75, 3.05) is 0 Å². The van der Waals surface area contributed by atoms with E-state index >= 15 is 0 Å². The topological polar surface area (TPSA) is 46.2 Å². The van der Waals surface area contributed by atoms with Crippen molar-refractivity contribution in [3.63, 3.8) is 0 Å². The van der Waals surface area contributed by atoms with Crippen LogP contribution >= 0.6 is 15.9 Å². The molecule has 0 radical (unpaired) electrons. The monoisotopic (exact) mass is 215 g/mol. The Morgan fingerprint density at radius 2 is 2.18 bits per heavy atom. The number of halogens is 1. The summed E-state index contributed by atoms with van der Waals surface area (Å²) in [6, 6.07) is 5.09. The van der Waals surface area contributed by atoms with Gasteiger partial charge in [0.1, 0.15) is 5.75 Å². The summed E-state index contributed by atoms with van der Waals surface area (Å²) in [4.78, 5) is 0. The van der Waals surface area contributed by atoms with E-state index in [-0.39, 0.29) is 11.8 Å². The van der Waals surface area contributed by atoms with E-state index in [9.17, 15) is 5.11 Å². The molecule has 3 N–H and O–H groups in total. The maximum absolute atomic E-state index is 9.30. The number of phenols is 1. The van der Waals surface area contributed by atoms with Crippen LogP contribution < -0.4 is 5.73 Å². The maximum Gasteiger partial charge on any atom is 0.120 e. The van der Waals surface area contributed by atoms with Gasteiger partial charge in [-0.05, 0) is 25.1 Å². The van der Waals surface area contributed by atoms with E-state index in [0.29, 0.717) is 0 Å². The van der Waals surface area contributed by atoms with Crippen molar-refractivity contribution in [2.24, 2.45) is 5.73 Å². The largest absolute Gasteiger partial charge is 0.508 e. The van der Waals surface area contributed by atoms with Gasteiger partial charge < -0.3 is 10.8 Å². The Labute approximate surface area is 74.2 Å². The molecule has 11 heavy (non-hydrogen) atoms. The van der Waals surface area contributed by atoms with Crippen LogP contribution in [0.15, 0.2) is 22.7 Å². The number of aromatic hydroxyl groups is 1. The van der Waals surface area contributed by atoms with Gasteiger partial charge in [-0.3, -0.25) is 0 Å². The molecule has 0 saturated heterocycles. The Bertz CT molecular complexity index is 260. The van der Waals surface area contributed by atoms with Crippen molar-refractivity contribution in [1.82, 2.24) is 0 Å². The van der Waals surface area contributed by atoms with Crippen molar-refractivity contribution in [1.29, 1.82) is 0 Å². The van der Waals surface area contributed by atoms with E-state index in [4.69, 9.17) is 5.73 Å². The lowest BCUT2D eigenvalue weighted by molar-refractivity contribution is 0.463. The van der Waals surface area contributed by atoms with Crippen molar-refractivity contribution >= 4 is 15.9 Å². The Morgan fingerprint density at radius 3 is 2.64 bits per heavy atom. The summed E-state index contributed by atoms with van der Waals surface area (Å²) in [7, 11) is 0. The fourth-order valence-electron chi connectivity index (χ4n) is 0.890. The van der Waals surface area contributed by atoms with Gasteiger partial charge in [-0.25, -0.2) is 0 Å². The second-order valence-electron chi connectivity index (χ2n) is 2.49. The molecule has 0 heterocycles. The van der Waals surface area contributed by atoms with Crippen LogP contribution in [0.5, 0.6) is 5.75 Å². The first kappa shape index (κ1) is 8.56. The molecule has 1 aromatic carbocycles. The van der Waals surface area contributed by atoms with E-state index in [1.807, 2.05) is 13.0 Å². The molecule has 2 nitrogen and oxygen atoms in total. The molecule has 1 atom stereocenters. The number of benzene rings is 1. The average Bonchev–Trinajstić information content (AvgIpc) is 1.94. The molecule has 0 aliphatic carbocycles. The molecule has 1 aromatic rings. The third-order valence-electron chi connectivity index (χ3n) is 1.48. The van der Waals surface area contributed by atoms with Gasteiger partial charge >= 0.3 is 0 Å². The fourth-order valence-corrected chi connectivity index (χ4v) is 1.27. The van der Waals surface area contributed by atoms with Crippen LogP contribution in [0.1, 0.15) is 18.5 Å². The molecule has 3 heteroatoms. The van der Waals surface area contributed by atoms with Gasteiger partial charge in [0.15, 0.2) is 0 Å². The zero-order valence-corrected chi connectivity index (χ0v) is 7.80. The Hall–Kier alpha value is -0.540. The fraction of sp³-hybridized carbons (Fsp3) is 0.250. The number of hydrogen-bond donors (Lipinski definition) is 2. The van der Waals surface area contributed by atoms with Gasteiger partial charge in [0.25, 0.3) is 0 Å². The molecular weight excluding hydrogens is 206 g/mol. The molecule has 0 saturated carbocycles. The van der Waals surface area contributed by atoms with E-state index in [0.717, 1.165) is 10.0 Å².